The van der Waals surface area contributed by atoms with Crippen LogP contribution in [0.2, 0.25) is 0 Å². The molecule has 0 aliphatic carbocycles. The predicted molar refractivity (Wildman–Crippen MR) is 239 cm³/mol. The zero-order valence-electron chi connectivity index (χ0n) is 30.5. The Balaban J connectivity index is 1.03. The summed E-state index contributed by atoms with van der Waals surface area (Å²) in [5, 5.41) is 12.7. The van der Waals surface area contributed by atoms with E-state index in [2.05, 4.69) is 215 Å². The van der Waals surface area contributed by atoms with E-state index in [0.717, 1.165) is 0 Å². The second kappa shape index (κ2) is 12.0. The van der Waals surface area contributed by atoms with Gasteiger partial charge in [0.2, 0.25) is 0 Å². The maximum absolute atomic E-state index is 2.45. The van der Waals surface area contributed by atoms with Gasteiger partial charge >= 0.3 is 0 Å². The van der Waals surface area contributed by atoms with Gasteiger partial charge in [0.1, 0.15) is 0 Å². The van der Waals surface area contributed by atoms with Gasteiger partial charge in [-0.1, -0.05) is 146 Å². The lowest BCUT2D eigenvalue weighted by Gasteiger charge is -2.11. The molecule has 12 rings (SSSR count). The molecule has 0 unspecified atom stereocenters. The van der Waals surface area contributed by atoms with Crippen molar-refractivity contribution in [2.45, 2.75) is 0 Å². The first kappa shape index (κ1) is 31.0. The Hall–Kier alpha value is -7.42. The van der Waals surface area contributed by atoms with Crippen LogP contribution in [0.5, 0.6) is 0 Å². The highest BCUT2D eigenvalue weighted by molar-refractivity contribution is 6.24. The van der Waals surface area contributed by atoms with E-state index in [4.69, 9.17) is 0 Å². The smallest absolute Gasteiger partial charge is 0.0619 e. The summed E-state index contributed by atoms with van der Waals surface area (Å²) in [6, 6.07) is 75.7. The van der Waals surface area contributed by atoms with Gasteiger partial charge in [0.25, 0.3) is 0 Å². The molecule has 0 fully saturated rings. The molecule has 12 aromatic rings. The third-order valence-electron chi connectivity index (χ3n) is 11.9. The number of para-hydroxylation sites is 3. The van der Waals surface area contributed by atoms with Crippen molar-refractivity contribution in [3.05, 3.63) is 206 Å². The largest absolute Gasteiger partial charge is 0.309 e. The summed E-state index contributed by atoms with van der Waals surface area (Å²) in [5.41, 5.74) is 12.1. The van der Waals surface area contributed by atoms with Gasteiger partial charge in [-0.25, -0.2) is 0 Å². The Kier molecular flexibility index (Phi) is 6.66. The summed E-state index contributed by atoms with van der Waals surface area (Å²) >= 11 is 0. The van der Waals surface area contributed by atoms with Crippen LogP contribution in [0.3, 0.4) is 0 Å². The van der Waals surface area contributed by atoms with Gasteiger partial charge in [0, 0.05) is 38.3 Å². The molecule has 10 aromatic carbocycles. The Morgan fingerprint density at radius 2 is 0.768 bits per heavy atom. The molecule has 2 aromatic heterocycles. The van der Waals surface area contributed by atoms with Crippen molar-refractivity contribution in [2.75, 3.05) is 0 Å². The molecule has 0 aliphatic heterocycles. The van der Waals surface area contributed by atoms with Gasteiger partial charge < -0.3 is 9.13 Å². The average Bonchev–Trinajstić information content (AvgIpc) is 3.80. The fourth-order valence-electron chi connectivity index (χ4n) is 9.32. The number of nitrogens with zero attached hydrogens (tertiary/aromatic N) is 2. The Morgan fingerprint density at radius 3 is 1.57 bits per heavy atom. The van der Waals surface area contributed by atoms with Crippen LogP contribution in [0.1, 0.15) is 0 Å². The standard InChI is InChI=1S/C54H34N2/c1-3-15-41(16-4-1)55-50-21-10-9-20-47(50)53-48-33-39(23-22-36(48)25-31-52(53)55)37-13-11-14-38(32-37)40-26-30-51-49(34-40)46-29-28-44-43-19-8-7-12-35(43)24-27-45(44)54(46)56(51)42-17-5-2-6-18-42/h1-34H. The van der Waals surface area contributed by atoms with Crippen molar-refractivity contribution >= 4 is 75.9 Å². The SMILES string of the molecule is c1ccc(-n2c3ccccc3c3c4cc(-c5cccc(-c6ccc7c(c6)c6ccc8c9ccccc9ccc8c6n7-c6ccccc6)c5)ccc4ccc32)cc1. The average molecular weight is 711 g/mol. The van der Waals surface area contributed by atoms with E-state index in [1.165, 1.54) is 110 Å². The Labute approximate surface area is 323 Å². The van der Waals surface area contributed by atoms with Crippen LogP contribution < -0.4 is 0 Å². The Morgan fingerprint density at radius 1 is 0.250 bits per heavy atom. The van der Waals surface area contributed by atoms with Gasteiger partial charge in [-0.2, -0.15) is 0 Å². The van der Waals surface area contributed by atoms with E-state index >= 15 is 0 Å². The lowest BCUT2D eigenvalue weighted by Crippen LogP contribution is -1.94. The third kappa shape index (κ3) is 4.57. The normalized spacial score (nSPS) is 11.9. The minimum Gasteiger partial charge on any atom is -0.309 e. The van der Waals surface area contributed by atoms with Crippen LogP contribution in [0.4, 0.5) is 0 Å². The summed E-state index contributed by atoms with van der Waals surface area (Å²) in [5.74, 6) is 0. The molecule has 2 heteroatoms. The summed E-state index contributed by atoms with van der Waals surface area (Å²) < 4.78 is 4.85. The molecule has 2 nitrogen and oxygen atoms in total. The third-order valence-corrected chi connectivity index (χ3v) is 11.9. The quantitative estimate of drug-likeness (QED) is 0.161. The fraction of sp³-hybridized carbons (Fsp3) is 0. The topological polar surface area (TPSA) is 9.86 Å². The van der Waals surface area contributed by atoms with Gasteiger partial charge in [0.05, 0.1) is 22.1 Å². The van der Waals surface area contributed by atoms with Gasteiger partial charge in [0.15, 0.2) is 0 Å². The molecule has 0 atom stereocenters. The zero-order chi connectivity index (χ0) is 36.7. The summed E-state index contributed by atoms with van der Waals surface area (Å²) in [4.78, 5) is 0. The fourth-order valence-corrected chi connectivity index (χ4v) is 9.32. The minimum atomic E-state index is 1.17. The number of aromatic nitrogens is 2. The van der Waals surface area contributed by atoms with Crippen molar-refractivity contribution < 1.29 is 0 Å². The molecular formula is C54H34N2. The first-order valence-corrected chi connectivity index (χ1v) is 19.3. The lowest BCUT2D eigenvalue weighted by atomic mass is 9.95. The molecule has 0 bridgehead atoms. The molecule has 0 saturated carbocycles. The van der Waals surface area contributed by atoms with Crippen LogP contribution in [0.15, 0.2) is 206 Å². The summed E-state index contributed by atoms with van der Waals surface area (Å²) in [7, 11) is 0. The first-order valence-electron chi connectivity index (χ1n) is 19.3. The van der Waals surface area contributed by atoms with Gasteiger partial charge in [-0.15, -0.1) is 0 Å². The van der Waals surface area contributed by atoms with Gasteiger partial charge in [-0.05, 0) is 110 Å². The highest BCUT2D eigenvalue weighted by Crippen LogP contribution is 2.42. The second-order valence-corrected chi connectivity index (χ2v) is 14.9. The summed E-state index contributed by atoms with van der Waals surface area (Å²) in [6.07, 6.45) is 0. The molecule has 2 heterocycles. The molecule has 0 amide bonds. The van der Waals surface area contributed by atoms with E-state index in [0.29, 0.717) is 0 Å². The van der Waals surface area contributed by atoms with Crippen LogP contribution in [-0.4, -0.2) is 9.13 Å². The van der Waals surface area contributed by atoms with Crippen LogP contribution in [0, 0.1) is 0 Å². The van der Waals surface area contributed by atoms with Gasteiger partial charge in [-0.3, -0.25) is 0 Å². The van der Waals surface area contributed by atoms with Crippen LogP contribution in [0.25, 0.3) is 110 Å². The van der Waals surface area contributed by atoms with Crippen molar-refractivity contribution in [1.82, 2.24) is 9.13 Å². The van der Waals surface area contributed by atoms with Crippen LogP contribution >= 0.6 is 0 Å². The highest BCUT2D eigenvalue weighted by Gasteiger charge is 2.18. The predicted octanol–water partition coefficient (Wildman–Crippen LogP) is 14.7. The number of rotatable bonds is 4. The zero-order valence-corrected chi connectivity index (χ0v) is 30.5. The Bertz CT molecular complexity index is 3510. The molecule has 0 saturated heterocycles. The van der Waals surface area contributed by atoms with Crippen molar-refractivity contribution in [2.24, 2.45) is 0 Å². The number of hydrogen-bond donors (Lipinski definition) is 0. The molecular weight excluding hydrogens is 677 g/mol. The number of fused-ring (bicyclic) bond motifs is 12. The van der Waals surface area contributed by atoms with E-state index in [1.54, 1.807) is 0 Å². The molecule has 0 aliphatic rings. The molecule has 0 N–H and O–H groups in total. The highest BCUT2D eigenvalue weighted by atomic mass is 15.0. The summed E-state index contributed by atoms with van der Waals surface area (Å²) in [6.45, 7) is 0. The molecule has 260 valence electrons. The number of hydrogen-bond acceptors (Lipinski definition) is 0. The molecule has 0 spiro atoms. The van der Waals surface area contributed by atoms with E-state index in [-0.39, 0.29) is 0 Å². The first-order chi connectivity index (χ1) is 27.8. The lowest BCUT2D eigenvalue weighted by molar-refractivity contribution is 1.18. The van der Waals surface area contributed by atoms with Crippen molar-refractivity contribution in [3.63, 3.8) is 0 Å². The second-order valence-electron chi connectivity index (χ2n) is 14.9. The van der Waals surface area contributed by atoms with E-state index in [1.807, 2.05) is 0 Å². The van der Waals surface area contributed by atoms with Crippen molar-refractivity contribution in [1.29, 1.82) is 0 Å². The maximum Gasteiger partial charge on any atom is 0.0619 e. The van der Waals surface area contributed by atoms with Crippen molar-refractivity contribution in [3.8, 4) is 33.6 Å². The maximum atomic E-state index is 2.45. The number of benzene rings is 10. The molecule has 0 radical (unpaired) electrons. The van der Waals surface area contributed by atoms with E-state index < -0.39 is 0 Å². The van der Waals surface area contributed by atoms with E-state index in [9.17, 15) is 0 Å². The molecule has 56 heavy (non-hydrogen) atoms. The van der Waals surface area contributed by atoms with Crippen LogP contribution in [-0.2, 0) is 0 Å². The minimum absolute atomic E-state index is 1.17. The monoisotopic (exact) mass is 710 g/mol.